The molecular formula is C15H21ClN2O. The maximum absolute atomic E-state index is 12.2. The molecule has 1 saturated carbocycles. The van der Waals surface area contributed by atoms with Crippen LogP contribution in [0.3, 0.4) is 0 Å². The van der Waals surface area contributed by atoms with Crippen molar-refractivity contribution in [1.82, 2.24) is 5.32 Å². The largest absolute Gasteiger partial charge is 0.398 e. The van der Waals surface area contributed by atoms with E-state index in [1.54, 1.807) is 18.2 Å². The molecule has 2 rings (SSSR count). The van der Waals surface area contributed by atoms with Gasteiger partial charge in [-0.1, -0.05) is 25.4 Å². The topological polar surface area (TPSA) is 55.1 Å². The number of hydrogen-bond donors (Lipinski definition) is 2. The van der Waals surface area contributed by atoms with E-state index >= 15 is 0 Å². The van der Waals surface area contributed by atoms with Crippen LogP contribution in [0.1, 0.15) is 43.5 Å². The zero-order chi connectivity index (χ0) is 14.0. The second kappa shape index (κ2) is 5.83. The minimum atomic E-state index is -0.119. The molecule has 3 N–H and O–H groups in total. The van der Waals surface area contributed by atoms with Crippen molar-refractivity contribution < 1.29 is 4.79 Å². The van der Waals surface area contributed by atoms with Gasteiger partial charge >= 0.3 is 0 Å². The monoisotopic (exact) mass is 280 g/mol. The molecule has 3 nitrogen and oxygen atoms in total. The van der Waals surface area contributed by atoms with Gasteiger partial charge in [0.25, 0.3) is 5.91 Å². The zero-order valence-electron chi connectivity index (χ0n) is 11.4. The van der Waals surface area contributed by atoms with Crippen molar-refractivity contribution in [3.05, 3.63) is 28.8 Å². The van der Waals surface area contributed by atoms with Crippen LogP contribution in [0.25, 0.3) is 0 Å². The number of carbonyl (C=O) groups is 1. The Morgan fingerprint density at radius 3 is 2.53 bits per heavy atom. The molecule has 1 amide bonds. The van der Waals surface area contributed by atoms with E-state index in [-0.39, 0.29) is 11.9 Å². The van der Waals surface area contributed by atoms with Crippen LogP contribution < -0.4 is 11.1 Å². The molecule has 0 radical (unpaired) electrons. The highest BCUT2D eigenvalue weighted by Crippen LogP contribution is 2.29. The minimum Gasteiger partial charge on any atom is -0.398 e. The smallest absolute Gasteiger partial charge is 0.253 e. The number of nitrogen functional groups attached to an aromatic ring is 1. The van der Waals surface area contributed by atoms with Gasteiger partial charge in [-0.05, 0) is 49.3 Å². The zero-order valence-corrected chi connectivity index (χ0v) is 12.2. The fourth-order valence-corrected chi connectivity index (χ4v) is 3.23. The molecule has 1 aromatic rings. The molecule has 1 aromatic carbocycles. The van der Waals surface area contributed by atoms with Gasteiger partial charge in [0.1, 0.15) is 0 Å². The molecule has 1 aliphatic carbocycles. The Labute approximate surface area is 119 Å². The average molecular weight is 281 g/mol. The molecule has 2 unspecified atom stereocenters. The van der Waals surface area contributed by atoms with Crippen molar-refractivity contribution in [2.45, 2.75) is 39.2 Å². The first-order valence-electron chi connectivity index (χ1n) is 6.81. The molecular weight excluding hydrogens is 260 g/mol. The lowest BCUT2D eigenvalue weighted by Crippen LogP contribution is -2.40. The molecule has 0 aliphatic heterocycles. The van der Waals surface area contributed by atoms with Gasteiger partial charge in [0, 0.05) is 16.8 Å². The lowest BCUT2D eigenvalue weighted by atomic mass is 9.80. The van der Waals surface area contributed by atoms with Gasteiger partial charge in [-0.3, -0.25) is 4.79 Å². The molecule has 19 heavy (non-hydrogen) atoms. The summed E-state index contributed by atoms with van der Waals surface area (Å²) in [5.41, 5.74) is 6.77. The van der Waals surface area contributed by atoms with Crippen LogP contribution in [-0.2, 0) is 0 Å². The first kappa shape index (κ1) is 14.2. The number of anilines is 1. The number of carbonyl (C=O) groups excluding carboxylic acids is 1. The Kier molecular flexibility index (Phi) is 4.35. The van der Waals surface area contributed by atoms with Crippen LogP contribution in [0.4, 0.5) is 5.69 Å². The molecule has 0 heterocycles. The van der Waals surface area contributed by atoms with Gasteiger partial charge in [0.2, 0.25) is 0 Å². The summed E-state index contributed by atoms with van der Waals surface area (Å²) < 4.78 is 0. The molecule has 0 spiro atoms. The van der Waals surface area contributed by atoms with Crippen LogP contribution in [0.5, 0.6) is 0 Å². The van der Waals surface area contributed by atoms with Crippen LogP contribution in [0.15, 0.2) is 18.2 Å². The van der Waals surface area contributed by atoms with E-state index < -0.39 is 0 Å². The van der Waals surface area contributed by atoms with Crippen molar-refractivity contribution in [1.29, 1.82) is 0 Å². The Bertz CT molecular complexity index is 465. The number of benzene rings is 1. The summed E-state index contributed by atoms with van der Waals surface area (Å²) in [7, 11) is 0. The van der Waals surface area contributed by atoms with Crippen molar-refractivity contribution in [2.75, 3.05) is 5.73 Å². The molecule has 4 heteroatoms. The molecule has 1 fully saturated rings. The predicted molar refractivity (Wildman–Crippen MR) is 79.3 cm³/mol. The first-order valence-corrected chi connectivity index (χ1v) is 7.19. The number of amides is 1. The fraction of sp³-hybridized carbons (Fsp3) is 0.533. The second-order valence-electron chi connectivity index (χ2n) is 5.82. The number of nitrogens with one attached hydrogen (secondary N) is 1. The number of halogens is 1. The van der Waals surface area contributed by atoms with Gasteiger partial charge in [-0.15, -0.1) is 0 Å². The molecule has 1 aliphatic rings. The van der Waals surface area contributed by atoms with Gasteiger partial charge in [0.05, 0.1) is 5.56 Å². The van der Waals surface area contributed by atoms with Crippen LogP contribution >= 0.6 is 11.6 Å². The van der Waals surface area contributed by atoms with Gasteiger partial charge in [-0.2, -0.15) is 0 Å². The normalized spacial score (nSPS) is 27.0. The number of rotatable bonds is 2. The van der Waals surface area contributed by atoms with Crippen LogP contribution in [0.2, 0.25) is 5.02 Å². The Morgan fingerprint density at radius 1 is 1.26 bits per heavy atom. The first-order chi connectivity index (χ1) is 8.95. The Morgan fingerprint density at radius 2 is 1.89 bits per heavy atom. The molecule has 0 saturated heterocycles. The number of nitrogens with two attached hydrogens (primary N) is 1. The van der Waals surface area contributed by atoms with Crippen molar-refractivity contribution >= 4 is 23.2 Å². The maximum Gasteiger partial charge on any atom is 0.253 e. The van der Waals surface area contributed by atoms with E-state index in [0.29, 0.717) is 28.1 Å². The summed E-state index contributed by atoms with van der Waals surface area (Å²) in [6.45, 7) is 4.48. The summed E-state index contributed by atoms with van der Waals surface area (Å²) in [6.07, 6.45) is 3.32. The molecule has 0 bridgehead atoms. The summed E-state index contributed by atoms with van der Waals surface area (Å²) in [6, 6.07) is 5.23. The molecule has 2 atom stereocenters. The van der Waals surface area contributed by atoms with E-state index in [1.165, 1.54) is 6.42 Å². The second-order valence-corrected chi connectivity index (χ2v) is 6.26. The highest BCUT2D eigenvalue weighted by molar-refractivity contribution is 6.31. The fourth-order valence-electron chi connectivity index (χ4n) is 3.05. The highest BCUT2D eigenvalue weighted by atomic mass is 35.5. The third-order valence-corrected chi connectivity index (χ3v) is 4.01. The van der Waals surface area contributed by atoms with Crippen molar-refractivity contribution in [2.24, 2.45) is 11.8 Å². The van der Waals surface area contributed by atoms with Gasteiger partial charge < -0.3 is 11.1 Å². The summed E-state index contributed by atoms with van der Waals surface area (Å²) in [5.74, 6) is 1.20. The van der Waals surface area contributed by atoms with E-state index in [4.69, 9.17) is 17.3 Å². The Balaban J connectivity index is 2.06. The minimum absolute atomic E-state index is 0.119. The third kappa shape index (κ3) is 3.63. The molecule has 0 aromatic heterocycles. The van der Waals surface area contributed by atoms with E-state index in [9.17, 15) is 4.79 Å². The lowest BCUT2D eigenvalue weighted by Gasteiger charge is -2.32. The predicted octanol–water partition coefficient (Wildman–Crippen LogP) is 3.48. The van der Waals surface area contributed by atoms with Crippen molar-refractivity contribution in [3.8, 4) is 0 Å². The van der Waals surface area contributed by atoms with Gasteiger partial charge in [0.15, 0.2) is 0 Å². The van der Waals surface area contributed by atoms with E-state index in [1.807, 2.05) is 0 Å². The average Bonchev–Trinajstić information content (AvgIpc) is 2.30. The van der Waals surface area contributed by atoms with E-state index in [2.05, 4.69) is 19.2 Å². The SMILES string of the molecule is CC1CC(C)CC(NC(=O)c2cc(Cl)ccc2N)C1. The maximum atomic E-state index is 12.2. The lowest BCUT2D eigenvalue weighted by molar-refractivity contribution is 0.0912. The van der Waals surface area contributed by atoms with Crippen LogP contribution in [-0.4, -0.2) is 11.9 Å². The standard InChI is InChI=1S/C15H21ClN2O/c1-9-5-10(2)7-12(6-9)18-15(19)13-8-11(16)3-4-14(13)17/h3-4,8-10,12H,5-7,17H2,1-2H3,(H,18,19). The summed E-state index contributed by atoms with van der Waals surface area (Å²) >= 11 is 5.91. The van der Waals surface area contributed by atoms with Crippen LogP contribution in [0, 0.1) is 11.8 Å². The Hall–Kier alpha value is -1.22. The van der Waals surface area contributed by atoms with E-state index in [0.717, 1.165) is 12.8 Å². The highest BCUT2D eigenvalue weighted by Gasteiger charge is 2.25. The summed E-state index contributed by atoms with van der Waals surface area (Å²) in [4.78, 5) is 12.2. The third-order valence-electron chi connectivity index (χ3n) is 3.77. The quantitative estimate of drug-likeness (QED) is 0.815. The number of hydrogen-bond acceptors (Lipinski definition) is 2. The van der Waals surface area contributed by atoms with Gasteiger partial charge in [-0.25, -0.2) is 0 Å². The summed E-state index contributed by atoms with van der Waals surface area (Å²) in [5, 5.41) is 3.62. The molecule has 104 valence electrons. The van der Waals surface area contributed by atoms with Crippen molar-refractivity contribution in [3.63, 3.8) is 0 Å².